The molecule has 4 nitrogen and oxygen atoms in total. The number of methoxy groups -OCH3 is 1. The van der Waals surface area contributed by atoms with E-state index in [0.29, 0.717) is 4.34 Å². The van der Waals surface area contributed by atoms with Crippen LogP contribution in [0, 0.1) is 0 Å². The quantitative estimate of drug-likeness (QED) is 0.676. The van der Waals surface area contributed by atoms with Gasteiger partial charge in [-0.05, 0) is 36.8 Å². The molecule has 0 aliphatic carbocycles. The second-order valence-electron chi connectivity index (χ2n) is 4.36. The molecule has 0 aliphatic heterocycles. The molecule has 0 aliphatic rings. The van der Waals surface area contributed by atoms with Crippen LogP contribution in [0.1, 0.15) is 17.4 Å². The zero-order chi connectivity index (χ0) is 15.2. The van der Waals surface area contributed by atoms with Gasteiger partial charge in [-0.1, -0.05) is 23.7 Å². The van der Waals surface area contributed by atoms with E-state index in [9.17, 15) is 4.79 Å². The highest BCUT2D eigenvalue weighted by molar-refractivity contribution is 7.18. The predicted octanol–water partition coefficient (Wildman–Crippen LogP) is 3.49. The molecule has 110 valence electrons. The summed E-state index contributed by atoms with van der Waals surface area (Å²) in [4.78, 5) is 12.8. The Bertz CT molecular complexity index is 650. The van der Waals surface area contributed by atoms with Crippen molar-refractivity contribution in [3.8, 4) is 5.75 Å². The molecule has 0 radical (unpaired) electrons. The number of halogens is 1. The molecule has 0 unspecified atom stereocenters. The van der Waals surface area contributed by atoms with Gasteiger partial charge in [0.2, 0.25) is 5.91 Å². The fourth-order valence-corrected chi connectivity index (χ4v) is 2.67. The number of hydrazone groups is 1. The first-order valence-electron chi connectivity index (χ1n) is 6.30. The Hall–Kier alpha value is -1.85. The molecular weight excluding hydrogens is 308 g/mol. The fourth-order valence-electron chi connectivity index (χ4n) is 1.68. The summed E-state index contributed by atoms with van der Waals surface area (Å²) in [6.45, 7) is 1.83. The second kappa shape index (κ2) is 7.24. The molecule has 0 saturated heterocycles. The highest BCUT2D eigenvalue weighted by atomic mass is 35.5. The number of ether oxygens (including phenoxy) is 1. The third-order valence-corrected chi connectivity index (χ3v) is 4.14. The molecule has 0 fully saturated rings. The normalized spacial score (nSPS) is 11.3. The van der Waals surface area contributed by atoms with Crippen molar-refractivity contribution in [1.29, 1.82) is 0 Å². The van der Waals surface area contributed by atoms with E-state index < -0.39 is 0 Å². The lowest BCUT2D eigenvalue weighted by Gasteiger charge is -2.03. The molecule has 2 aromatic rings. The molecule has 1 heterocycles. The number of benzene rings is 1. The van der Waals surface area contributed by atoms with Gasteiger partial charge in [0.15, 0.2) is 0 Å². The Morgan fingerprint density at radius 2 is 2.00 bits per heavy atom. The van der Waals surface area contributed by atoms with Gasteiger partial charge in [0.1, 0.15) is 5.75 Å². The summed E-state index contributed by atoms with van der Waals surface area (Å²) in [7, 11) is 1.61. The Kier molecular flexibility index (Phi) is 5.36. The number of hydrogen-bond acceptors (Lipinski definition) is 4. The van der Waals surface area contributed by atoms with E-state index in [1.165, 1.54) is 11.3 Å². The van der Waals surface area contributed by atoms with Crippen molar-refractivity contribution < 1.29 is 9.53 Å². The average Bonchev–Trinajstić information content (AvgIpc) is 2.92. The Labute approximate surface area is 132 Å². The molecule has 0 atom stereocenters. The molecule has 0 saturated carbocycles. The SMILES string of the molecule is COc1ccc(CC(=O)N/N=C(\C)c2ccc(Cl)s2)cc1. The molecule has 21 heavy (non-hydrogen) atoms. The minimum atomic E-state index is -0.165. The highest BCUT2D eigenvalue weighted by Crippen LogP contribution is 2.21. The van der Waals surface area contributed by atoms with Crippen molar-refractivity contribution in [1.82, 2.24) is 5.43 Å². The number of carbonyl (C=O) groups excluding carboxylic acids is 1. The zero-order valence-electron chi connectivity index (χ0n) is 11.7. The maximum Gasteiger partial charge on any atom is 0.244 e. The van der Waals surface area contributed by atoms with Crippen LogP contribution in [0.3, 0.4) is 0 Å². The number of rotatable bonds is 5. The van der Waals surface area contributed by atoms with E-state index in [-0.39, 0.29) is 12.3 Å². The third kappa shape index (κ3) is 4.58. The van der Waals surface area contributed by atoms with Gasteiger partial charge in [-0.15, -0.1) is 11.3 Å². The van der Waals surface area contributed by atoms with Gasteiger partial charge in [0.25, 0.3) is 0 Å². The van der Waals surface area contributed by atoms with E-state index in [1.807, 2.05) is 37.3 Å². The first-order chi connectivity index (χ1) is 10.1. The fraction of sp³-hybridized carbons (Fsp3) is 0.200. The molecule has 0 bridgehead atoms. The van der Waals surface area contributed by atoms with Crippen LogP contribution in [-0.4, -0.2) is 18.7 Å². The van der Waals surface area contributed by atoms with Gasteiger partial charge in [0, 0.05) is 0 Å². The molecular formula is C15H15ClN2O2S. The first kappa shape index (κ1) is 15.5. The van der Waals surface area contributed by atoms with Crippen LogP contribution in [0.5, 0.6) is 5.75 Å². The van der Waals surface area contributed by atoms with E-state index in [2.05, 4.69) is 10.5 Å². The minimum absolute atomic E-state index is 0.165. The van der Waals surface area contributed by atoms with Crippen molar-refractivity contribution in [3.05, 3.63) is 51.2 Å². The molecule has 1 aromatic heterocycles. The van der Waals surface area contributed by atoms with E-state index in [4.69, 9.17) is 16.3 Å². The van der Waals surface area contributed by atoms with Crippen LogP contribution >= 0.6 is 22.9 Å². The van der Waals surface area contributed by atoms with Crippen molar-refractivity contribution >= 4 is 34.6 Å². The lowest BCUT2D eigenvalue weighted by Crippen LogP contribution is -2.21. The summed E-state index contributed by atoms with van der Waals surface area (Å²) in [5, 5.41) is 4.08. The Morgan fingerprint density at radius 3 is 2.57 bits per heavy atom. The van der Waals surface area contributed by atoms with Gasteiger partial charge < -0.3 is 4.74 Å². The Balaban J connectivity index is 1.92. The van der Waals surface area contributed by atoms with Crippen LogP contribution in [0.2, 0.25) is 4.34 Å². The minimum Gasteiger partial charge on any atom is -0.497 e. The smallest absolute Gasteiger partial charge is 0.244 e. The van der Waals surface area contributed by atoms with Gasteiger partial charge in [-0.3, -0.25) is 4.79 Å². The van der Waals surface area contributed by atoms with Crippen molar-refractivity contribution in [2.75, 3.05) is 7.11 Å². The lowest BCUT2D eigenvalue weighted by molar-refractivity contribution is -0.120. The zero-order valence-corrected chi connectivity index (χ0v) is 13.3. The maximum absolute atomic E-state index is 11.8. The number of nitrogens with zero attached hydrogens (tertiary/aromatic N) is 1. The molecule has 6 heteroatoms. The standard InChI is InChI=1S/C15H15ClN2O2S/c1-10(13-7-8-14(16)21-13)17-18-15(19)9-11-3-5-12(20-2)6-4-11/h3-8H,9H2,1-2H3,(H,18,19)/b17-10+. The molecule has 1 aromatic carbocycles. The van der Waals surface area contributed by atoms with Crippen molar-refractivity contribution in [2.24, 2.45) is 5.10 Å². The van der Waals surface area contributed by atoms with Crippen molar-refractivity contribution in [2.45, 2.75) is 13.3 Å². The molecule has 1 amide bonds. The van der Waals surface area contributed by atoms with Crippen LogP contribution in [0.4, 0.5) is 0 Å². The van der Waals surface area contributed by atoms with Crippen LogP contribution in [0.15, 0.2) is 41.5 Å². The van der Waals surface area contributed by atoms with E-state index in [0.717, 1.165) is 21.9 Å². The Morgan fingerprint density at radius 1 is 1.29 bits per heavy atom. The largest absolute Gasteiger partial charge is 0.497 e. The van der Waals surface area contributed by atoms with Gasteiger partial charge >= 0.3 is 0 Å². The molecule has 0 spiro atoms. The second-order valence-corrected chi connectivity index (χ2v) is 6.08. The van der Waals surface area contributed by atoms with Gasteiger partial charge in [-0.2, -0.15) is 5.10 Å². The molecule has 1 N–H and O–H groups in total. The summed E-state index contributed by atoms with van der Waals surface area (Å²) >= 11 is 7.29. The summed E-state index contributed by atoms with van der Waals surface area (Å²) in [6, 6.07) is 11.0. The number of nitrogens with one attached hydrogen (secondary N) is 1. The number of carbonyl (C=O) groups is 1. The van der Waals surface area contributed by atoms with Crippen LogP contribution in [0.25, 0.3) is 0 Å². The van der Waals surface area contributed by atoms with Gasteiger partial charge in [0.05, 0.1) is 28.5 Å². The highest BCUT2D eigenvalue weighted by Gasteiger charge is 2.05. The molecule has 2 rings (SSSR count). The average molecular weight is 323 g/mol. The monoisotopic (exact) mass is 322 g/mol. The first-order valence-corrected chi connectivity index (χ1v) is 7.49. The third-order valence-electron chi connectivity index (χ3n) is 2.80. The topological polar surface area (TPSA) is 50.7 Å². The van der Waals surface area contributed by atoms with Crippen molar-refractivity contribution in [3.63, 3.8) is 0 Å². The number of hydrogen-bond donors (Lipinski definition) is 1. The van der Waals surface area contributed by atoms with E-state index in [1.54, 1.807) is 13.2 Å². The van der Waals surface area contributed by atoms with Crippen LogP contribution < -0.4 is 10.2 Å². The number of thiophene rings is 1. The predicted molar refractivity (Wildman–Crippen MR) is 86.4 cm³/mol. The summed E-state index contributed by atoms with van der Waals surface area (Å²) < 4.78 is 5.77. The van der Waals surface area contributed by atoms with Gasteiger partial charge in [-0.25, -0.2) is 5.43 Å². The number of amides is 1. The maximum atomic E-state index is 11.8. The summed E-state index contributed by atoms with van der Waals surface area (Å²) in [5.74, 6) is 0.602. The van der Waals surface area contributed by atoms with Crippen LogP contribution in [-0.2, 0) is 11.2 Å². The summed E-state index contributed by atoms with van der Waals surface area (Å²) in [5.41, 5.74) is 4.18. The van der Waals surface area contributed by atoms with E-state index >= 15 is 0 Å². The summed E-state index contributed by atoms with van der Waals surface area (Å²) in [6.07, 6.45) is 0.270. The lowest BCUT2D eigenvalue weighted by atomic mass is 10.1.